The molecule has 5 atom stereocenters. The first-order chi connectivity index (χ1) is 47.7. The van der Waals surface area contributed by atoms with Crippen LogP contribution in [0.3, 0.4) is 0 Å². The molecule has 19 heteroatoms. The molecule has 5 unspecified atom stereocenters. The third-order valence-corrected chi connectivity index (χ3v) is 18.2. The molecule has 98 heavy (non-hydrogen) atoms. The molecule has 0 aliphatic carbocycles. The van der Waals surface area contributed by atoms with Gasteiger partial charge in [0.05, 0.1) is 26.4 Å². The summed E-state index contributed by atoms with van der Waals surface area (Å²) in [4.78, 5) is 72.8. The van der Waals surface area contributed by atoms with Gasteiger partial charge in [0.1, 0.15) is 19.3 Å². The molecule has 17 nitrogen and oxygen atoms in total. The van der Waals surface area contributed by atoms with Crippen LogP contribution in [0.4, 0.5) is 0 Å². The number of aliphatic hydroxyl groups excluding tert-OH is 1. The van der Waals surface area contributed by atoms with Gasteiger partial charge in [0.2, 0.25) is 0 Å². The van der Waals surface area contributed by atoms with Crippen molar-refractivity contribution in [2.45, 2.75) is 354 Å². The third kappa shape index (κ3) is 70.7. The number of esters is 4. The second kappa shape index (κ2) is 71.6. The number of rotatable bonds is 73. The zero-order valence-electron chi connectivity index (χ0n) is 62.0. The maximum Gasteiger partial charge on any atom is 0.472 e. The van der Waals surface area contributed by atoms with E-state index in [4.69, 9.17) is 37.0 Å². The lowest BCUT2D eigenvalue weighted by Gasteiger charge is -2.21. The van der Waals surface area contributed by atoms with E-state index in [1.165, 1.54) is 70.6 Å². The predicted molar refractivity (Wildman–Crippen MR) is 399 cm³/mol. The first kappa shape index (κ1) is 94.2. The van der Waals surface area contributed by atoms with Crippen molar-refractivity contribution in [2.24, 2.45) is 0 Å². The Kier molecular flexibility index (Phi) is 68.9. The molecule has 0 saturated heterocycles. The van der Waals surface area contributed by atoms with Crippen LogP contribution in [-0.4, -0.2) is 96.7 Å². The van der Waals surface area contributed by atoms with E-state index in [1.807, 2.05) is 0 Å². The van der Waals surface area contributed by atoms with Gasteiger partial charge in [0.15, 0.2) is 12.2 Å². The average molecular weight is 1420 g/mol. The molecule has 0 radical (unpaired) electrons. The van der Waals surface area contributed by atoms with Crippen LogP contribution in [0.5, 0.6) is 0 Å². The predicted octanol–water partition coefficient (Wildman–Crippen LogP) is 22.2. The number of carbonyl (C=O) groups excluding carboxylic acids is 4. The van der Waals surface area contributed by atoms with Crippen LogP contribution in [-0.2, 0) is 65.4 Å². The van der Waals surface area contributed by atoms with Crippen LogP contribution in [0.2, 0.25) is 0 Å². The summed E-state index contributed by atoms with van der Waals surface area (Å²) in [5.41, 5.74) is 0. The highest BCUT2D eigenvalue weighted by Crippen LogP contribution is 2.45. The van der Waals surface area contributed by atoms with Crippen molar-refractivity contribution in [2.75, 3.05) is 39.6 Å². The van der Waals surface area contributed by atoms with Gasteiger partial charge in [0, 0.05) is 25.7 Å². The van der Waals surface area contributed by atoms with Crippen molar-refractivity contribution in [3.05, 3.63) is 85.1 Å². The Balaban J connectivity index is 5.33. The molecular weight excluding hydrogens is 1280 g/mol. The molecule has 0 saturated carbocycles. The van der Waals surface area contributed by atoms with Crippen molar-refractivity contribution in [1.29, 1.82) is 0 Å². The monoisotopic (exact) mass is 1420 g/mol. The van der Waals surface area contributed by atoms with Gasteiger partial charge < -0.3 is 33.8 Å². The zero-order chi connectivity index (χ0) is 71.8. The second-order valence-corrected chi connectivity index (χ2v) is 28.8. The van der Waals surface area contributed by atoms with E-state index in [9.17, 15) is 43.2 Å². The molecule has 0 aromatic carbocycles. The maximum absolute atomic E-state index is 13.1. The van der Waals surface area contributed by atoms with Crippen LogP contribution in [0.25, 0.3) is 0 Å². The van der Waals surface area contributed by atoms with E-state index in [-0.39, 0.29) is 25.7 Å². The van der Waals surface area contributed by atoms with Crippen LogP contribution < -0.4 is 0 Å². The highest BCUT2D eigenvalue weighted by Gasteiger charge is 2.30. The minimum Gasteiger partial charge on any atom is -0.462 e. The standard InChI is InChI=1S/C79H140O17P2/c1-5-9-13-17-21-25-29-32-35-36-39-41-45-48-52-56-60-64-77(82)90-70-75(96-79(84)66-62-58-54-50-46-42-38-34-31-27-23-19-15-11-7-3)72-94-98(87,88)92-68-73(80)67-91-97(85,86)93-71-74(95-78(83)65-61-57-53-49-43-28-24-20-16-12-8-4)69-89-76(81)63-59-55-51-47-44-40-37-33-30-26-22-18-14-10-6-2/h9,13,20-21,23-25,27,32-35,37-38,73-75,80H,5-8,10-12,14-19,22,26,28-31,36,39-72H2,1-4H3,(H,85,86)(H,87,88)/b13-9-,24-20-,25-21-,27-23-,35-32-,37-33-,38-34-. The summed E-state index contributed by atoms with van der Waals surface area (Å²) in [5, 5.41) is 10.6. The number of phosphoric ester groups is 2. The number of allylic oxidation sites excluding steroid dienone is 14. The SMILES string of the molecule is CC/C=C\C/C=C\C/C=C\CCCCCCCCCC(=O)OCC(COP(=O)(O)OCC(O)COP(=O)(O)OCC(COC(=O)CCCCCCC/C=C\CCCCCCCC)OC(=O)CCCCCCC/C=C\CCCC)OC(=O)CCCCCCC/C=C\C/C=C\CCCCC. The van der Waals surface area contributed by atoms with Gasteiger partial charge >= 0.3 is 39.5 Å². The Hall–Kier alpha value is -3.76. The van der Waals surface area contributed by atoms with E-state index in [0.717, 1.165) is 186 Å². The maximum atomic E-state index is 13.1. The molecule has 3 N–H and O–H groups in total. The van der Waals surface area contributed by atoms with E-state index in [2.05, 4.69) is 113 Å². The van der Waals surface area contributed by atoms with Crippen LogP contribution in [0, 0.1) is 0 Å². The average Bonchev–Trinajstić information content (AvgIpc) is 0.986. The Morgan fingerprint density at radius 1 is 0.296 bits per heavy atom. The van der Waals surface area contributed by atoms with Gasteiger partial charge in [-0.2, -0.15) is 0 Å². The molecule has 0 aliphatic rings. The van der Waals surface area contributed by atoms with Crippen molar-refractivity contribution in [3.8, 4) is 0 Å². The molecule has 568 valence electrons. The van der Waals surface area contributed by atoms with Crippen molar-refractivity contribution in [3.63, 3.8) is 0 Å². The van der Waals surface area contributed by atoms with E-state index < -0.39 is 97.5 Å². The normalized spacial score (nSPS) is 14.4. The Labute approximate surface area is 595 Å². The Bertz CT molecular complexity index is 2190. The molecule has 0 aromatic heterocycles. The number of unbranched alkanes of at least 4 members (excludes halogenated alkanes) is 33. The summed E-state index contributed by atoms with van der Waals surface area (Å²) >= 11 is 0. The number of aliphatic hydroxyl groups is 1. The van der Waals surface area contributed by atoms with Crippen molar-refractivity contribution >= 4 is 39.5 Å². The number of carbonyl (C=O) groups is 4. The molecule has 0 aromatic rings. The Morgan fingerprint density at radius 2 is 0.541 bits per heavy atom. The minimum atomic E-state index is -4.98. The summed E-state index contributed by atoms with van der Waals surface area (Å²) in [5.74, 6) is -2.20. The molecular formula is C79H140O17P2. The number of hydrogen-bond acceptors (Lipinski definition) is 15. The zero-order valence-corrected chi connectivity index (χ0v) is 63.7. The topological polar surface area (TPSA) is 237 Å². The molecule has 0 spiro atoms. The van der Waals surface area contributed by atoms with Crippen molar-refractivity contribution in [1.82, 2.24) is 0 Å². The van der Waals surface area contributed by atoms with Crippen LogP contribution in [0.1, 0.15) is 336 Å². The van der Waals surface area contributed by atoms with E-state index >= 15 is 0 Å². The fourth-order valence-electron chi connectivity index (χ4n) is 10.4. The summed E-state index contributed by atoms with van der Waals surface area (Å²) in [6.07, 6.45) is 72.8. The van der Waals surface area contributed by atoms with E-state index in [0.29, 0.717) is 25.7 Å². The highest BCUT2D eigenvalue weighted by molar-refractivity contribution is 7.47. The van der Waals surface area contributed by atoms with Gasteiger partial charge in [0.25, 0.3) is 0 Å². The van der Waals surface area contributed by atoms with Gasteiger partial charge in [-0.1, -0.05) is 260 Å². The van der Waals surface area contributed by atoms with Crippen LogP contribution >= 0.6 is 15.6 Å². The van der Waals surface area contributed by atoms with Gasteiger partial charge in [-0.25, -0.2) is 9.13 Å². The summed E-state index contributed by atoms with van der Waals surface area (Å²) in [7, 11) is -9.95. The van der Waals surface area contributed by atoms with Gasteiger partial charge in [-0.3, -0.25) is 37.3 Å². The second-order valence-electron chi connectivity index (χ2n) is 25.9. The molecule has 0 amide bonds. The van der Waals surface area contributed by atoms with Gasteiger partial charge in [-0.15, -0.1) is 0 Å². The van der Waals surface area contributed by atoms with E-state index in [1.54, 1.807) is 0 Å². The molecule has 0 bridgehead atoms. The fourth-order valence-corrected chi connectivity index (χ4v) is 11.9. The highest BCUT2D eigenvalue weighted by atomic mass is 31.2. The summed E-state index contributed by atoms with van der Waals surface area (Å²) in [6, 6.07) is 0. The number of ether oxygens (including phenoxy) is 4. The number of hydrogen-bond donors (Lipinski definition) is 3. The quantitative estimate of drug-likeness (QED) is 0.0169. The third-order valence-electron chi connectivity index (χ3n) is 16.3. The summed E-state index contributed by atoms with van der Waals surface area (Å²) < 4.78 is 68.5. The minimum absolute atomic E-state index is 0.0775. The molecule has 0 rings (SSSR count). The van der Waals surface area contributed by atoms with Gasteiger partial charge in [-0.05, 0) is 135 Å². The van der Waals surface area contributed by atoms with Crippen LogP contribution in [0.15, 0.2) is 85.1 Å². The molecule has 0 aliphatic heterocycles. The first-order valence-corrected chi connectivity index (χ1v) is 41.8. The Morgan fingerprint density at radius 3 is 0.878 bits per heavy atom. The number of phosphoric acid groups is 2. The first-order valence-electron chi connectivity index (χ1n) is 38.8. The van der Waals surface area contributed by atoms with Crippen molar-refractivity contribution < 1.29 is 80.2 Å². The lowest BCUT2D eigenvalue weighted by Crippen LogP contribution is -2.30. The lowest BCUT2D eigenvalue weighted by molar-refractivity contribution is -0.161. The smallest absolute Gasteiger partial charge is 0.462 e. The molecule has 0 heterocycles. The summed E-state index contributed by atoms with van der Waals surface area (Å²) in [6.45, 7) is 4.68. The lowest BCUT2D eigenvalue weighted by atomic mass is 10.1. The molecule has 0 fully saturated rings. The fraction of sp³-hybridized carbons (Fsp3) is 0.772. The largest absolute Gasteiger partial charge is 0.472 e.